The van der Waals surface area contributed by atoms with Gasteiger partial charge in [-0.05, 0) is 42.3 Å². The minimum absolute atomic E-state index is 0.149. The third-order valence-electron chi connectivity index (χ3n) is 3.54. The Morgan fingerprint density at radius 3 is 2.41 bits per heavy atom. The number of methoxy groups -OCH3 is 1. The smallest absolute Gasteiger partial charge is 0.262 e. The van der Waals surface area contributed by atoms with Crippen LogP contribution in [-0.4, -0.2) is 34.6 Å². The van der Waals surface area contributed by atoms with Crippen LogP contribution in [0.1, 0.15) is 13.8 Å². The normalized spacial score (nSPS) is 11.3. The molecule has 0 aromatic heterocycles. The standard InChI is InChI=1S/C19H24N2O5S/c1-14(2)12-20-27(23,24)18-9-7-16(8-10-18)26-13-19(22)21-15-5-4-6-17(11-15)25-3/h4-11,14,20H,12-13H2,1-3H3,(H,21,22). The Hall–Kier alpha value is -2.58. The summed E-state index contributed by atoms with van der Waals surface area (Å²) in [6.07, 6.45) is 0. The summed E-state index contributed by atoms with van der Waals surface area (Å²) in [6, 6.07) is 12.9. The van der Waals surface area contributed by atoms with E-state index in [0.29, 0.717) is 23.7 Å². The van der Waals surface area contributed by atoms with Crippen LogP contribution < -0.4 is 19.5 Å². The first-order chi connectivity index (χ1) is 12.8. The van der Waals surface area contributed by atoms with Gasteiger partial charge in [-0.15, -0.1) is 0 Å². The van der Waals surface area contributed by atoms with Crippen molar-refractivity contribution in [3.05, 3.63) is 48.5 Å². The van der Waals surface area contributed by atoms with E-state index in [4.69, 9.17) is 9.47 Å². The second kappa shape index (κ2) is 9.38. The zero-order valence-corrected chi connectivity index (χ0v) is 16.4. The summed E-state index contributed by atoms with van der Waals surface area (Å²) in [4.78, 5) is 12.1. The van der Waals surface area contributed by atoms with Crippen LogP contribution in [0.4, 0.5) is 5.69 Å². The van der Waals surface area contributed by atoms with Crippen LogP contribution in [0.25, 0.3) is 0 Å². The molecule has 0 saturated carbocycles. The van der Waals surface area contributed by atoms with Gasteiger partial charge in [0.15, 0.2) is 6.61 Å². The largest absolute Gasteiger partial charge is 0.497 e. The van der Waals surface area contributed by atoms with E-state index < -0.39 is 10.0 Å². The lowest BCUT2D eigenvalue weighted by Gasteiger charge is -2.10. The van der Waals surface area contributed by atoms with Gasteiger partial charge in [0.05, 0.1) is 12.0 Å². The number of hydrogen-bond acceptors (Lipinski definition) is 5. The van der Waals surface area contributed by atoms with Crippen LogP contribution in [-0.2, 0) is 14.8 Å². The summed E-state index contributed by atoms with van der Waals surface area (Å²) in [5.74, 6) is 0.916. The molecular formula is C19H24N2O5S. The van der Waals surface area contributed by atoms with E-state index >= 15 is 0 Å². The first-order valence-electron chi connectivity index (χ1n) is 8.46. The highest BCUT2D eigenvalue weighted by Gasteiger charge is 2.14. The number of amides is 1. The number of sulfonamides is 1. The van der Waals surface area contributed by atoms with Crippen LogP contribution in [0, 0.1) is 5.92 Å². The lowest BCUT2D eigenvalue weighted by atomic mass is 10.2. The molecule has 2 aromatic carbocycles. The van der Waals surface area contributed by atoms with Crippen LogP contribution >= 0.6 is 0 Å². The molecule has 0 unspecified atom stereocenters. The summed E-state index contributed by atoms with van der Waals surface area (Å²) < 4.78 is 37.3. The molecule has 0 heterocycles. The number of rotatable bonds is 9. The fourth-order valence-corrected chi connectivity index (χ4v) is 3.34. The summed E-state index contributed by atoms with van der Waals surface area (Å²) >= 11 is 0. The Balaban J connectivity index is 1.89. The van der Waals surface area contributed by atoms with E-state index in [1.54, 1.807) is 31.4 Å². The van der Waals surface area contributed by atoms with Crippen molar-refractivity contribution in [3.63, 3.8) is 0 Å². The molecule has 0 saturated heterocycles. The number of ether oxygens (including phenoxy) is 2. The molecule has 2 N–H and O–H groups in total. The van der Waals surface area contributed by atoms with Crippen molar-refractivity contribution in [1.29, 1.82) is 0 Å². The fraction of sp³-hybridized carbons (Fsp3) is 0.316. The van der Waals surface area contributed by atoms with Crippen molar-refractivity contribution >= 4 is 21.6 Å². The Kier molecular flexibility index (Phi) is 7.20. The third kappa shape index (κ3) is 6.58. The number of hydrogen-bond donors (Lipinski definition) is 2. The number of nitrogens with one attached hydrogen (secondary N) is 2. The highest BCUT2D eigenvalue weighted by atomic mass is 32.2. The first-order valence-corrected chi connectivity index (χ1v) is 9.95. The molecule has 0 fully saturated rings. The predicted octanol–water partition coefficient (Wildman–Crippen LogP) is 2.65. The van der Waals surface area contributed by atoms with Crippen LogP contribution in [0.15, 0.2) is 53.4 Å². The van der Waals surface area contributed by atoms with Crippen molar-refractivity contribution < 1.29 is 22.7 Å². The maximum atomic E-state index is 12.1. The molecule has 1 amide bonds. The predicted molar refractivity (Wildman–Crippen MR) is 104 cm³/mol. The lowest BCUT2D eigenvalue weighted by molar-refractivity contribution is -0.118. The number of anilines is 1. The van der Waals surface area contributed by atoms with Crippen molar-refractivity contribution in [3.8, 4) is 11.5 Å². The first kappa shape index (κ1) is 20.7. The van der Waals surface area contributed by atoms with Crippen LogP contribution in [0.2, 0.25) is 0 Å². The van der Waals surface area contributed by atoms with E-state index in [1.165, 1.54) is 24.3 Å². The highest BCUT2D eigenvalue weighted by Crippen LogP contribution is 2.18. The van der Waals surface area contributed by atoms with Gasteiger partial charge in [0, 0.05) is 18.3 Å². The molecule has 0 spiro atoms. The topological polar surface area (TPSA) is 93.7 Å². The Bertz CT molecular complexity index is 864. The molecule has 0 aliphatic carbocycles. The van der Waals surface area contributed by atoms with Gasteiger partial charge in [0.1, 0.15) is 11.5 Å². The molecule has 0 radical (unpaired) electrons. The van der Waals surface area contributed by atoms with Crippen molar-refractivity contribution in [2.45, 2.75) is 18.7 Å². The van der Waals surface area contributed by atoms with Gasteiger partial charge in [-0.2, -0.15) is 0 Å². The maximum absolute atomic E-state index is 12.1. The average molecular weight is 392 g/mol. The molecule has 2 rings (SSSR count). The molecule has 0 aliphatic heterocycles. The fourth-order valence-electron chi connectivity index (χ4n) is 2.12. The quantitative estimate of drug-likeness (QED) is 0.684. The van der Waals surface area contributed by atoms with Gasteiger partial charge in [-0.3, -0.25) is 4.79 Å². The molecule has 0 atom stereocenters. The summed E-state index contributed by atoms with van der Waals surface area (Å²) in [6.45, 7) is 4.02. The van der Waals surface area contributed by atoms with Gasteiger partial charge in [0.2, 0.25) is 10.0 Å². The van der Waals surface area contributed by atoms with E-state index in [0.717, 1.165) is 0 Å². The Morgan fingerprint density at radius 1 is 1.07 bits per heavy atom. The Morgan fingerprint density at radius 2 is 1.78 bits per heavy atom. The lowest BCUT2D eigenvalue weighted by Crippen LogP contribution is -2.27. The number of carbonyl (C=O) groups excluding carboxylic acids is 1. The minimum atomic E-state index is -3.55. The molecular weight excluding hydrogens is 368 g/mol. The molecule has 27 heavy (non-hydrogen) atoms. The van der Waals surface area contributed by atoms with Crippen molar-refractivity contribution in [1.82, 2.24) is 4.72 Å². The number of carbonyl (C=O) groups is 1. The molecule has 0 aliphatic rings. The summed E-state index contributed by atoms with van der Waals surface area (Å²) in [5.41, 5.74) is 0.598. The maximum Gasteiger partial charge on any atom is 0.262 e. The summed E-state index contributed by atoms with van der Waals surface area (Å²) in [5, 5.41) is 2.70. The van der Waals surface area contributed by atoms with Gasteiger partial charge < -0.3 is 14.8 Å². The zero-order valence-electron chi connectivity index (χ0n) is 15.6. The second-order valence-electron chi connectivity index (χ2n) is 6.29. The van der Waals surface area contributed by atoms with Gasteiger partial charge >= 0.3 is 0 Å². The zero-order chi connectivity index (χ0) is 19.9. The van der Waals surface area contributed by atoms with Gasteiger partial charge in [-0.1, -0.05) is 19.9 Å². The molecule has 8 heteroatoms. The highest BCUT2D eigenvalue weighted by molar-refractivity contribution is 7.89. The van der Waals surface area contributed by atoms with Crippen LogP contribution in [0.5, 0.6) is 11.5 Å². The van der Waals surface area contributed by atoms with E-state index in [2.05, 4.69) is 10.0 Å². The second-order valence-corrected chi connectivity index (χ2v) is 8.05. The number of benzene rings is 2. The molecule has 146 valence electrons. The van der Waals surface area contributed by atoms with E-state index in [9.17, 15) is 13.2 Å². The van der Waals surface area contributed by atoms with E-state index in [-0.39, 0.29) is 23.3 Å². The van der Waals surface area contributed by atoms with Gasteiger partial charge in [0.25, 0.3) is 5.91 Å². The molecule has 2 aromatic rings. The van der Waals surface area contributed by atoms with E-state index in [1.807, 2.05) is 13.8 Å². The minimum Gasteiger partial charge on any atom is -0.497 e. The molecule has 0 bridgehead atoms. The van der Waals surface area contributed by atoms with Crippen molar-refractivity contribution in [2.24, 2.45) is 5.92 Å². The van der Waals surface area contributed by atoms with Crippen molar-refractivity contribution in [2.75, 3.05) is 25.6 Å². The average Bonchev–Trinajstić information content (AvgIpc) is 2.65. The summed E-state index contributed by atoms with van der Waals surface area (Å²) in [7, 11) is -2.00. The monoisotopic (exact) mass is 392 g/mol. The van der Waals surface area contributed by atoms with Gasteiger partial charge in [-0.25, -0.2) is 13.1 Å². The third-order valence-corrected chi connectivity index (χ3v) is 4.98. The Labute approximate surface area is 159 Å². The van der Waals surface area contributed by atoms with Crippen LogP contribution in [0.3, 0.4) is 0 Å². The SMILES string of the molecule is COc1cccc(NC(=O)COc2ccc(S(=O)(=O)NCC(C)C)cc2)c1. The molecule has 7 nitrogen and oxygen atoms in total.